The van der Waals surface area contributed by atoms with Crippen LogP contribution in [0.2, 0.25) is 0 Å². The lowest BCUT2D eigenvalue weighted by molar-refractivity contribution is -0.137. The number of carbonyl (C=O) groups is 1. The molecule has 1 amide bonds. The maximum Gasteiger partial charge on any atom is 0.416 e. The fourth-order valence-electron chi connectivity index (χ4n) is 2.87. The molecule has 1 fully saturated rings. The van der Waals surface area contributed by atoms with Gasteiger partial charge in [-0.3, -0.25) is 9.69 Å². The summed E-state index contributed by atoms with van der Waals surface area (Å²) < 4.78 is 43.1. The van der Waals surface area contributed by atoms with Gasteiger partial charge in [0.2, 0.25) is 0 Å². The summed E-state index contributed by atoms with van der Waals surface area (Å²) in [5, 5.41) is 6.00. The highest BCUT2D eigenvalue weighted by Crippen LogP contribution is 2.29. The first-order valence-electron chi connectivity index (χ1n) is 9.04. The van der Waals surface area contributed by atoms with E-state index in [0.29, 0.717) is 5.69 Å². The van der Waals surface area contributed by atoms with Crippen molar-refractivity contribution in [3.63, 3.8) is 0 Å². The van der Waals surface area contributed by atoms with Crippen LogP contribution in [0.15, 0.2) is 48.5 Å². The van der Waals surface area contributed by atoms with Crippen molar-refractivity contribution in [1.29, 1.82) is 0 Å². The molecule has 2 aromatic rings. The SMILES string of the molecule is O=C(Nc1ccc(NCCN2CCOCC2)cc1)c1ccc(C(F)(F)F)cc1. The molecule has 1 saturated heterocycles. The first-order valence-corrected chi connectivity index (χ1v) is 9.04. The van der Waals surface area contributed by atoms with Gasteiger partial charge in [0.15, 0.2) is 0 Å². The fourth-order valence-corrected chi connectivity index (χ4v) is 2.87. The van der Waals surface area contributed by atoms with Gasteiger partial charge in [-0.1, -0.05) is 0 Å². The Balaban J connectivity index is 1.48. The molecule has 1 heterocycles. The number of nitrogens with zero attached hydrogens (tertiary/aromatic N) is 1. The predicted molar refractivity (Wildman–Crippen MR) is 102 cm³/mol. The number of alkyl halides is 3. The van der Waals surface area contributed by atoms with E-state index in [2.05, 4.69) is 15.5 Å². The molecule has 1 aliphatic heterocycles. The molecule has 2 N–H and O–H groups in total. The Morgan fingerprint density at radius 2 is 1.57 bits per heavy atom. The third kappa shape index (κ3) is 5.71. The van der Waals surface area contributed by atoms with Crippen LogP contribution in [-0.2, 0) is 10.9 Å². The van der Waals surface area contributed by atoms with Crippen LogP contribution >= 0.6 is 0 Å². The third-order valence-electron chi connectivity index (χ3n) is 4.48. The van der Waals surface area contributed by atoms with E-state index in [-0.39, 0.29) is 5.56 Å². The highest BCUT2D eigenvalue weighted by Gasteiger charge is 2.30. The summed E-state index contributed by atoms with van der Waals surface area (Å²) in [6, 6.07) is 11.3. The van der Waals surface area contributed by atoms with Crippen molar-refractivity contribution in [1.82, 2.24) is 4.90 Å². The standard InChI is InChI=1S/C20H22F3N3O2/c21-20(22,23)16-3-1-15(2-4-16)19(27)25-18-7-5-17(6-8-18)24-9-10-26-11-13-28-14-12-26/h1-8,24H,9-14H2,(H,25,27). The van der Waals surface area contributed by atoms with Gasteiger partial charge >= 0.3 is 6.18 Å². The summed E-state index contributed by atoms with van der Waals surface area (Å²) in [6.45, 7) is 5.15. The van der Waals surface area contributed by atoms with E-state index >= 15 is 0 Å². The summed E-state index contributed by atoms with van der Waals surface area (Å²) in [5.41, 5.74) is 0.890. The Bertz CT molecular complexity index is 771. The van der Waals surface area contributed by atoms with Crippen LogP contribution in [0.25, 0.3) is 0 Å². The quantitative estimate of drug-likeness (QED) is 0.786. The van der Waals surface area contributed by atoms with Crippen molar-refractivity contribution in [2.45, 2.75) is 6.18 Å². The topological polar surface area (TPSA) is 53.6 Å². The molecule has 0 atom stereocenters. The summed E-state index contributed by atoms with van der Waals surface area (Å²) in [4.78, 5) is 14.5. The van der Waals surface area contributed by atoms with Crippen molar-refractivity contribution in [2.75, 3.05) is 50.0 Å². The zero-order chi connectivity index (χ0) is 20.0. The first-order chi connectivity index (χ1) is 13.4. The summed E-state index contributed by atoms with van der Waals surface area (Å²) >= 11 is 0. The van der Waals surface area contributed by atoms with Crippen molar-refractivity contribution in [3.05, 3.63) is 59.7 Å². The van der Waals surface area contributed by atoms with E-state index in [4.69, 9.17) is 4.74 Å². The molecular weight excluding hydrogens is 371 g/mol. The number of morpholine rings is 1. The van der Waals surface area contributed by atoms with Crippen molar-refractivity contribution < 1.29 is 22.7 Å². The molecule has 5 nitrogen and oxygen atoms in total. The van der Waals surface area contributed by atoms with Crippen LogP contribution in [0.4, 0.5) is 24.5 Å². The van der Waals surface area contributed by atoms with Gasteiger partial charge in [0.1, 0.15) is 0 Å². The molecule has 0 aliphatic carbocycles. The van der Waals surface area contributed by atoms with Gasteiger partial charge < -0.3 is 15.4 Å². The number of hydrogen-bond donors (Lipinski definition) is 2. The maximum atomic E-state index is 12.6. The average molecular weight is 393 g/mol. The van der Waals surface area contributed by atoms with Crippen LogP contribution in [0.3, 0.4) is 0 Å². The number of hydrogen-bond acceptors (Lipinski definition) is 4. The fraction of sp³-hybridized carbons (Fsp3) is 0.350. The second kappa shape index (κ2) is 9.07. The lowest BCUT2D eigenvalue weighted by Gasteiger charge is -2.26. The highest BCUT2D eigenvalue weighted by atomic mass is 19.4. The Morgan fingerprint density at radius 3 is 2.18 bits per heavy atom. The Hall–Kier alpha value is -2.58. The molecular formula is C20H22F3N3O2. The number of anilines is 2. The molecule has 0 radical (unpaired) electrons. The summed E-state index contributed by atoms with van der Waals surface area (Å²) in [7, 11) is 0. The second-order valence-electron chi connectivity index (χ2n) is 6.49. The van der Waals surface area contributed by atoms with E-state index in [1.54, 1.807) is 12.1 Å². The van der Waals surface area contributed by atoms with Crippen LogP contribution in [0.1, 0.15) is 15.9 Å². The van der Waals surface area contributed by atoms with Crippen molar-refractivity contribution in [3.8, 4) is 0 Å². The first kappa shape index (κ1) is 20.2. The van der Waals surface area contributed by atoms with Gasteiger partial charge in [0.25, 0.3) is 5.91 Å². The molecule has 150 valence electrons. The molecule has 0 saturated carbocycles. The van der Waals surface area contributed by atoms with Crippen molar-refractivity contribution >= 4 is 17.3 Å². The van der Waals surface area contributed by atoms with Crippen molar-refractivity contribution in [2.24, 2.45) is 0 Å². The number of ether oxygens (including phenoxy) is 1. The van der Waals surface area contributed by atoms with Gasteiger partial charge in [-0.15, -0.1) is 0 Å². The van der Waals surface area contributed by atoms with Gasteiger partial charge in [0, 0.05) is 43.1 Å². The molecule has 28 heavy (non-hydrogen) atoms. The smallest absolute Gasteiger partial charge is 0.384 e. The monoisotopic (exact) mass is 393 g/mol. The van der Waals surface area contributed by atoms with Gasteiger partial charge in [-0.05, 0) is 48.5 Å². The van der Waals surface area contributed by atoms with Gasteiger partial charge in [-0.25, -0.2) is 0 Å². The molecule has 3 rings (SSSR count). The van der Waals surface area contributed by atoms with Crippen LogP contribution < -0.4 is 10.6 Å². The third-order valence-corrected chi connectivity index (χ3v) is 4.48. The van der Waals surface area contributed by atoms with E-state index < -0.39 is 17.6 Å². The minimum absolute atomic E-state index is 0.167. The predicted octanol–water partition coefficient (Wildman–Crippen LogP) is 3.70. The van der Waals surface area contributed by atoms with Crippen LogP contribution in [0.5, 0.6) is 0 Å². The maximum absolute atomic E-state index is 12.6. The zero-order valence-corrected chi connectivity index (χ0v) is 15.3. The summed E-state index contributed by atoms with van der Waals surface area (Å²) in [6.07, 6.45) is -4.42. The number of rotatable bonds is 6. The molecule has 1 aliphatic rings. The number of benzene rings is 2. The van der Waals surface area contributed by atoms with Crippen LogP contribution in [-0.4, -0.2) is 50.2 Å². The van der Waals surface area contributed by atoms with Crippen LogP contribution in [0, 0.1) is 0 Å². The van der Waals surface area contributed by atoms with Gasteiger partial charge in [-0.2, -0.15) is 13.2 Å². The Kier molecular flexibility index (Phi) is 6.53. The molecule has 2 aromatic carbocycles. The minimum Gasteiger partial charge on any atom is -0.384 e. The molecule has 0 bridgehead atoms. The molecule has 0 aromatic heterocycles. The molecule has 0 spiro atoms. The van der Waals surface area contributed by atoms with Gasteiger partial charge in [0.05, 0.1) is 18.8 Å². The lowest BCUT2D eigenvalue weighted by atomic mass is 10.1. The van der Waals surface area contributed by atoms with E-state index in [1.165, 1.54) is 12.1 Å². The number of nitrogens with one attached hydrogen (secondary N) is 2. The van der Waals surface area contributed by atoms with E-state index in [1.807, 2.05) is 12.1 Å². The number of carbonyl (C=O) groups excluding carboxylic acids is 1. The minimum atomic E-state index is -4.42. The number of halogens is 3. The Labute approximate surface area is 161 Å². The Morgan fingerprint density at radius 1 is 0.964 bits per heavy atom. The highest BCUT2D eigenvalue weighted by molar-refractivity contribution is 6.04. The largest absolute Gasteiger partial charge is 0.416 e. The normalized spacial score (nSPS) is 15.2. The van der Waals surface area contributed by atoms with E-state index in [0.717, 1.165) is 57.2 Å². The molecule has 8 heteroatoms. The summed E-state index contributed by atoms with van der Waals surface area (Å²) in [5.74, 6) is -0.457. The lowest BCUT2D eigenvalue weighted by Crippen LogP contribution is -2.38. The molecule has 0 unspecified atom stereocenters. The second-order valence-corrected chi connectivity index (χ2v) is 6.49. The van der Waals surface area contributed by atoms with E-state index in [9.17, 15) is 18.0 Å². The average Bonchev–Trinajstić information content (AvgIpc) is 2.69. The zero-order valence-electron chi connectivity index (χ0n) is 15.3. The number of amides is 1.